The van der Waals surface area contributed by atoms with Crippen molar-refractivity contribution in [3.63, 3.8) is 0 Å². The minimum atomic E-state index is -2.77. The van der Waals surface area contributed by atoms with Gasteiger partial charge in [0.25, 0.3) is 0 Å². The standard InChI is InChI=1S/C22H31N5O2S/c28-30(29)13-5-18(6-14-30)16-25-9-11-26(12-10-25)19-3-4-21-20(15-19)22(24-17-23-21)27-7-1-2-8-27/h3-4,15,17-18H,1-2,5-14,16H2. The first-order valence-electron chi connectivity index (χ1n) is 11.2. The number of anilines is 2. The summed E-state index contributed by atoms with van der Waals surface area (Å²) in [5.41, 5.74) is 2.27. The summed E-state index contributed by atoms with van der Waals surface area (Å²) in [5, 5.41) is 1.16. The zero-order valence-corrected chi connectivity index (χ0v) is 18.4. The third-order valence-corrected chi connectivity index (χ3v) is 8.65. The van der Waals surface area contributed by atoms with Crippen molar-refractivity contribution in [3.05, 3.63) is 24.5 Å². The second-order valence-corrected chi connectivity index (χ2v) is 11.3. The Labute approximate surface area is 179 Å². The summed E-state index contributed by atoms with van der Waals surface area (Å²) in [4.78, 5) is 16.4. The highest BCUT2D eigenvalue weighted by atomic mass is 32.2. The van der Waals surface area contributed by atoms with E-state index in [0.29, 0.717) is 17.4 Å². The van der Waals surface area contributed by atoms with Gasteiger partial charge in [0.15, 0.2) is 0 Å². The molecule has 162 valence electrons. The van der Waals surface area contributed by atoms with Gasteiger partial charge in [-0.3, -0.25) is 4.90 Å². The average Bonchev–Trinajstić information content (AvgIpc) is 3.30. The quantitative estimate of drug-likeness (QED) is 0.738. The van der Waals surface area contributed by atoms with Gasteiger partial charge in [0, 0.05) is 56.9 Å². The first-order chi connectivity index (χ1) is 14.6. The Morgan fingerprint density at radius 3 is 2.37 bits per heavy atom. The van der Waals surface area contributed by atoms with Gasteiger partial charge in [0.05, 0.1) is 17.0 Å². The summed E-state index contributed by atoms with van der Waals surface area (Å²) in [6.45, 7) is 7.27. The minimum Gasteiger partial charge on any atom is -0.369 e. The van der Waals surface area contributed by atoms with Gasteiger partial charge in [-0.15, -0.1) is 0 Å². The highest BCUT2D eigenvalue weighted by Gasteiger charge is 2.27. The smallest absolute Gasteiger partial charge is 0.150 e. The Kier molecular flexibility index (Phi) is 5.54. The minimum absolute atomic E-state index is 0.371. The van der Waals surface area contributed by atoms with E-state index in [-0.39, 0.29) is 0 Å². The number of benzene rings is 1. The fourth-order valence-electron chi connectivity index (χ4n) is 5.08. The Morgan fingerprint density at radius 1 is 0.900 bits per heavy atom. The summed E-state index contributed by atoms with van der Waals surface area (Å²) < 4.78 is 23.3. The molecule has 8 heteroatoms. The fraction of sp³-hybridized carbons (Fsp3) is 0.636. The fourth-order valence-corrected chi connectivity index (χ4v) is 6.67. The van der Waals surface area contributed by atoms with Crippen LogP contribution in [0.15, 0.2) is 24.5 Å². The van der Waals surface area contributed by atoms with E-state index in [1.54, 1.807) is 6.33 Å². The first kappa shape index (κ1) is 20.0. The van der Waals surface area contributed by atoms with Crippen molar-refractivity contribution in [2.45, 2.75) is 25.7 Å². The van der Waals surface area contributed by atoms with Crippen LogP contribution >= 0.6 is 0 Å². The number of nitrogens with zero attached hydrogens (tertiary/aromatic N) is 5. The molecule has 3 aliphatic rings. The first-order valence-corrected chi connectivity index (χ1v) is 13.1. The lowest BCUT2D eigenvalue weighted by molar-refractivity contribution is 0.211. The second-order valence-electron chi connectivity index (χ2n) is 8.98. The van der Waals surface area contributed by atoms with Gasteiger partial charge in [-0.2, -0.15) is 0 Å². The van der Waals surface area contributed by atoms with E-state index < -0.39 is 9.84 Å². The molecular weight excluding hydrogens is 398 g/mol. The van der Waals surface area contributed by atoms with Crippen molar-refractivity contribution in [3.8, 4) is 0 Å². The van der Waals surface area contributed by atoms with E-state index in [0.717, 1.165) is 75.4 Å². The van der Waals surface area contributed by atoms with Crippen LogP contribution in [0.25, 0.3) is 10.9 Å². The molecule has 5 rings (SSSR count). The number of hydrogen-bond donors (Lipinski definition) is 0. The van der Waals surface area contributed by atoms with Crippen LogP contribution in [0.3, 0.4) is 0 Å². The highest BCUT2D eigenvalue weighted by Crippen LogP contribution is 2.30. The van der Waals surface area contributed by atoms with Crippen molar-refractivity contribution in [1.82, 2.24) is 14.9 Å². The third kappa shape index (κ3) is 4.25. The number of rotatable bonds is 4. The zero-order chi connectivity index (χ0) is 20.6. The van der Waals surface area contributed by atoms with Crippen LogP contribution in [0, 0.1) is 5.92 Å². The summed E-state index contributed by atoms with van der Waals surface area (Å²) in [7, 11) is -2.77. The Hall–Kier alpha value is -1.93. The predicted octanol–water partition coefficient (Wildman–Crippen LogP) is 2.18. The molecule has 0 aliphatic carbocycles. The van der Waals surface area contributed by atoms with E-state index in [2.05, 4.69) is 42.9 Å². The monoisotopic (exact) mass is 429 g/mol. The van der Waals surface area contributed by atoms with Crippen molar-refractivity contribution in [2.75, 3.05) is 67.1 Å². The van der Waals surface area contributed by atoms with E-state index in [1.807, 2.05) is 0 Å². The van der Waals surface area contributed by atoms with Gasteiger partial charge in [-0.1, -0.05) is 0 Å². The molecule has 0 spiro atoms. The lowest BCUT2D eigenvalue weighted by Gasteiger charge is -2.38. The highest BCUT2D eigenvalue weighted by molar-refractivity contribution is 7.91. The molecule has 0 saturated carbocycles. The van der Waals surface area contributed by atoms with Crippen LogP contribution in [0.2, 0.25) is 0 Å². The molecule has 3 saturated heterocycles. The summed E-state index contributed by atoms with van der Waals surface area (Å²) in [6, 6.07) is 6.58. The molecule has 0 atom stereocenters. The van der Waals surface area contributed by atoms with Crippen LogP contribution in [-0.4, -0.2) is 80.6 Å². The van der Waals surface area contributed by atoms with Crippen LogP contribution in [0.4, 0.5) is 11.5 Å². The second kappa shape index (κ2) is 8.30. The Bertz CT molecular complexity index is 984. The van der Waals surface area contributed by atoms with Gasteiger partial charge in [0.1, 0.15) is 22.0 Å². The molecule has 7 nitrogen and oxygen atoms in total. The molecule has 3 aliphatic heterocycles. The maximum Gasteiger partial charge on any atom is 0.150 e. The van der Waals surface area contributed by atoms with Crippen LogP contribution in [-0.2, 0) is 9.84 Å². The summed E-state index contributed by atoms with van der Waals surface area (Å²) in [5.74, 6) is 2.35. The lowest BCUT2D eigenvalue weighted by Crippen LogP contribution is -2.48. The van der Waals surface area contributed by atoms with E-state index in [1.165, 1.54) is 18.5 Å². The maximum atomic E-state index is 11.7. The van der Waals surface area contributed by atoms with E-state index in [9.17, 15) is 8.42 Å². The van der Waals surface area contributed by atoms with Gasteiger partial charge in [-0.25, -0.2) is 18.4 Å². The van der Waals surface area contributed by atoms with Crippen molar-refractivity contribution < 1.29 is 8.42 Å². The molecule has 0 unspecified atom stereocenters. The molecular formula is C22H31N5O2S. The SMILES string of the molecule is O=S1(=O)CCC(CN2CCN(c3ccc4ncnc(N5CCCC5)c4c3)CC2)CC1. The molecule has 0 amide bonds. The third-order valence-electron chi connectivity index (χ3n) is 6.93. The van der Waals surface area contributed by atoms with Gasteiger partial charge in [0.2, 0.25) is 0 Å². The molecule has 3 fully saturated rings. The van der Waals surface area contributed by atoms with Crippen LogP contribution in [0.5, 0.6) is 0 Å². The molecule has 2 aromatic rings. The van der Waals surface area contributed by atoms with Crippen molar-refractivity contribution in [2.24, 2.45) is 5.92 Å². The van der Waals surface area contributed by atoms with Gasteiger partial charge >= 0.3 is 0 Å². The molecule has 4 heterocycles. The van der Waals surface area contributed by atoms with Gasteiger partial charge in [-0.05, 0) is 49.8 Å². The lowest BCUT2D eigenvalue weighted by atomic mass is 10.0. The number of hydrogen-bond acceptors (Lipinski definition) is 7. The van der Waals surface area contributed by atoms with E-state index in [4.69, 9.17) is 0 Å². The normalized spacial score (nSPS) is 23.3. The number of sulfone groups is 1. The summed E-state index contributed by atoms with van der Waals surface area (Å²) in [6.07, 6.45) is 5.81. The topological polar surface area (TPSA) is 69.6 Å². The molecule has 30 heavy (non-hydrogen) atoms. The predicted molar refractivity (Wildman–Crippen MR) is 121 cm³/mol. The number of fused-ring (bicyclic) bond motifs is 1. The molecule has 0 bridgehead atoms. The van der Waals surface area contributed by atoms with Crippen LogP contribution in [0.1, 0.15) is 25.7 Å². The Balaban J connectivity index is 1.24. The summed E-state index contributed by atoms with van der Waals surface area (Å²) >= 11 is 0. The van der Waals surface area contributed by atoms with E-state index >= 15 is 0 Å². The molecule has 0 radical (unpaired) electrons. The van der Waals surface area contributed by atoms with Crippen molar-refractivity contribution in [1.29, 1.82) is 0 Å². The maximum absolute atomic E-state index is 11.7. The number of piperazine rings is 1. The molecule has 1 aromatic heterocycles. The van der Waals surface area contributed by atoms with Crippen molar-refractivity contribution >= 4 is 32.2 Å². The molecule has 1 aromatic carbocycles. The van der Waals surface area contributed by atoms with Crippen LogP contribution < -0.4 is 9.80 Å². The zero-order valence-electron chi connectivity index (χ0n) is 17.5. The largest absolute Gasteiger partial charge is 0.369 e. The number of aromatic nitrogens is 2. The Morgan fingerprint density at radius 2 is 1.63 bits per heavy atom. The average molecular weight is 430 g/mol. The van der Waals surface area contributed by atoms with Gasteiger partial charge < -0.3 is 9.80 Å². The molecule has 0 N–H and O–H groups in total.